The number of rotatable bonds is 6. The van der Waals surface area contributed by atoms with Gasteiger partial charge in [-0.25, -0.2) is 14.2 Å². The Balaban J connectivity index is 1.64. The molecule has 2 heterocycles. The normalized spacial score (nSPS) is 11.0. The molecule has 0 fully saturated rings. The highest BCUT2D eigenvalue weighted by Gasteiger charge is 2.12. The lowest BCUT2D eigenvalue weighted by Gasteiger charge is -2.13. The second kappa shape index (κ2) is 8.10. The Bertz CT molecular complexity index is 1330. The van der Waals surface area contributed by atoms with E-state index in [9.17, 15) is 9.18 Å². The smallest absolute Gasteiger partial charge is 0.419 e. The van der Waals surface area contributed by atoms with Gasteiger partial charge in [-0.1, -0.05) is 0 Å². The summed E-state index contributed by atoms with van der Waals surface area (Å²) in [6.45, 7) is 5.94. The number of hydrogen-bond acceptors (Lipinski definition) is 7. The summed E-state index contributed by atoms with van der Waals surface area (Å²) in [7, 11) is 1.42. The standard InChI is InChI=1S/C22H22FN5O3/c1-5-28-16-9-14(6-7-17(16)31-22(28)29)25-20-13(3)11-24-21(27-20)26-15-8-12(2)19(23)18(10-15)30-4/h6-11H,5H2,1-4H3,(H2,24,25,26,27). The van der Waals surface area contributed by atoms with Gasteiger partial charge in [0.25, 0.3) is 0 Å². The Labute approximate surface area is 177 Å². The van der Waals surface area contributed by atoms with Gasteiger partial charge in [0.05, 0.1) is 12.6 Å². The second-order valence-electron chi connectivity index (χ2n) is 7.08. The summed E-state index contributed by atoms with van der Waals surface area (Å²) in [5.41, 5.74) is 3.87. The molecule has 0 amide bonds. The minimum atomic E-state index is -0.402. The van der Waals surface area contributed by atoms with E-state index in [0.29, 0.717) is 40.7 Å². The summed E-state index contributed by atoms with van der Waals surface area (Å²) in [4.78, 5) is 20.8. The molecule has 8 nitrogen and oxygen atoms in total. The molecule has 0 aliphatic carbocycles. The van der Waals surface area contributed by atoms with E-state index in [1.165, 1.54) is 7.11 Å². The summed E-state index contributed by atoms with van der Waals surface area (Å²) < 4.78 is 25.9. The number of benzene rings is 2. The lowest BCUT2D eigenvalue weighted by Crippen LogP contribution is -2.12. The molecule has 160 valence electrons. The number of nitrogens with zero attached hydrogens (tertiary/aromatic N) is 3. The molecule has 9 heteroatoms. The average Bonchev–Trinajstić information content (AvgIpc) is 3.07. The van der Waals surface area contributed by atoms with Crippen LogP contribution in [0, 0.1) is 19.7 Å². The molecular formula is C22H22FN5O3. The molecule has 0 unspecified atom stereocenters. The average molecular weight is 423 g/mol. The van der Waals surface area contributed by atoms with Crippen LogP contribution in [-0.2, 0) is 6.54 Å². The minimum Gasteiger partial charge on any atom is -0.494 e. The first-order chi connectivity index (χ1) is 14.9. The van der Waals surface area contributed by atoms with E-state index in [-0.39, 0.29) is 11.5 Å². The van der Waals surface area contributed by atoms with Crippen LogP contribution in [-0.4, -0.2) is 21.6 Å². The van der Waals surface area contributed by atoms with Gasteiger partial charge in [0.15, 0.2) is 17.1 Å². The number of ether oxygens (including phenoxy) is 1. The molecule has 4 rings (SSSR count). The summed E-state index contributed by atoms with van der Waals surface area (Å²) >= 11 is 0. The number of anilines is 4. The monoisotopic (exact) mass is 423 g/mol. The van der Waals surface area contributed by atoms with Crippen molar-refractivity contribution in [2.75, 3.05) is 17.7 Å². The Kier molecular flexibility index (Phi) is 5.33. The minimum absolute atomic E-state index is 0.142. The van der Waals surface area contributed by atoms with Gasteiger partial charge in [-0.3, -0.25) is 4.57 Å². The van der Waals surface area contributed by atoms with E-state index in [1.807, 2.05) is 26.0 Å². The van der Waals surface area contributed by atoms with Crippen LogP contribution in [0.5, 0.6) is 5.75 Å². The third-order valence-electron chi connectivity index (χ3n) is 4.92. The molecule has 2 aromatic heterocycles. The largest absolute Gasteiger partial charge is 0.494 e. The maximum Gasteiger partial charge on any atom is 0.419 e. The van der Waals surface area contributed by atoms with E-state index < -0.39 is 5.82 Å². The zero-order valence-electron chi connectivity index (χ0n) is 17.6. The van der Waals surface area contributed by atoms with Gasteiger partial charge in [0.1, 0.15) is 5.82 Å². The number of fused-ring (bicyclic) bond motifs is 1. The van der Waals surface area contributed by atoms with Crippen molar-refractivity contribution in [1.29, 1.82) is 0 Å². The summed E-state index contributed by atoms with van der Waals surface area (Å²) in [6.07, 6.45) is 1.68. The van der Waals surface area contributed by atoms with E-state index in [0.717, 1.165) is 11.3 Å². The van der Waals surface area contributed by atoms with E-state index in [1.54, 1.807) is 35.9 Å². The molecule has 4 aromatic rings. The fourth-order valence-corrected chi connectivity index (χ4v) is 3.29. The van der Waals surface area contributed by atoms with Crippen LogP contribution in [0.3, 0.4) is 0 Å². The molecule has 0 aliphatic heterocycles. The van der Waals surface area contributed by atoms with Gasteiger partial charge >= 0.3 is 5.76 Å². The van der Waals surface area contributed by atoms with Gasteiger partial charge in [-0.05, 0) is 50.6 Å². The van der Waals surface area contributed by atoms with Gasteiger partial charge < -0.3 is 19.8 Å². The summed E-state index contributed by atoms with van der Waals surface area (Å²) in [5, 5.41) is 6.34. The third kappa shape index (κ3) is 3.94. The number of oxazole rings is 1. The zero-order chi connectivity index (χ0) is 22.1. The lowest BCUT2D eigenvalue weighted by atomic mass is 10.2. The quantitative estimate of drug-likeness (QED) is 0.466. The molecule has 0 saturated heterocycles. The van der Waals surface area contributed by atoms with Crippen LogP contribution >= 0.6 is 0 Å². The van der Waals surface area contributed by atoms with Crippen molar-refractivity contribution in [2.45, 2.75) is 27.3 Å². The fourth-order valence-electron chi connectivity index (χ4n) is 3.29. The van der Waals surface area contributed by atoms with E-state index in [4.69, 9.17) is 9.15 Å². The van der Waals surface area contributed by atoms with Crippen LogP contribution in [0.2, 0.25) is 0 Å². The SMILES string of the molecule is CCn1c(=O)oc2ccc(Nc3nc(Nc4cc(C)c(F)c(OC)c4)ncc3C)cc21. The van der Waals surface area contributed by atoms with Crippen molar-refractivity contribution in [2.24, 2.45) is 0 Å². The van der Waals surface area contributed by atoms with E-state index in [2.05, 4.69) is 20.6 Å². The lowest BCUT2D eigenvalue weighted by molar-refractivity contribution is 0.385. The van der Waals surface area contributed by atoms with Crippen LogP contribution in [0.15, 0.2) is 45.7 Å². The molecule has 0 saturated carbocycles. The topological polar surface area (TPSA) is 94.2 Å². The molecule has 0 aliphatic rings. The van der Waals surface area contributed by atoms with Crippen molar-refractivity contribution in [3.8, 4) is 5.75 Å². The molecule has 0 atom stereocenters. The maximum atomic E-state index is 14.0. The number of hydrogen-bond donors (Lipinski definition) is 2. The Morgan fingerprint density at radius 3 is 2.68 bits per heavy atom. The Hall–Kier alpha value is -3.88. The molecule has 0 radical (unpaired) electrons. The van der Waals surface area contributed by atoms with Crippen LogP contribution in [0.25, 0.3) is 11.1 Å². The third-order valence-corrected chi connectivity index (χ3v) is 4.92. The Morgan fingerprint density at radius 1 is 1.13 bits per heavy atom. The van der Waals surface area contributed by atoms with Crippen LogP contribution < -0.4 is 21.1 Å². The second-order valence-corrected chi connectivity index (χ2v) is 7.08. The molecule has 2 aromatic carbocycles. The number of methoxy groups -OCH3 is 1. The first-order valence-electron chi connectivity index (χ1n) is 9.74. The summed E-state index contributed by atoms with van der Waals surface area (Å²) in [6, 6.07) is 8.61. The van der Waals surface area contributed by atoms with Crippen molar-refractivity contribution < 1.29 is 13.5 Å². The highest BCUT2D eigenvalue weighted by Crippen LogP contribution is 2.28. The molecule has 31 heavy (non-hydrogen) atoms. The molecule has 2 N–H and O–H groups in total. The van der Waals surface area contributed by atoms with Gasteiger partial charge in [-0.15, -0.1) is 0 Å². The number of aryl methyl sites for hydroxylation is 3. The first kappa shape index (κ1) is 20.4. The van der Waals surface area contributed by atoms with Crippen molar-refractivity contribution in [3.05, 3.63) is 64.0 Å². The highest BCUT2D eigenvalue weighted by molar-refractivity contribution is 5.79. The van der Waals surface area contributed by atoms with Crippen molar-refractivity contribution >= 4 is 34.2 Å². The zero-order valence-corrected chi connectivity index (χ0v) is 17.6. The molecular weight excluding hydrogens is 401 g/mol. The van der Waals surface area contributed by atoms with Crippen molar-refractivity contribution in [3.63, 3.8) is 0 Å². The number of aromatic nitrogens is 3. The van der Waals surface area contributed by atoms with Gasteiger partial charge in [0, 0.05) is 35.7 Å². The molecule has 0 spiro atoms. The van der Waals surface area contributed by atoms with Crippen LogP contribution in [0.4, 0.5) is 27.5 Å². The van der Waals surface area contributed by atoms with Crippen molar-refractivity contribution in [1.82, 2.24) is 14.5 Å². The highest BCUT2D eigenvalue weighted by atomic mass is 19.1. The Morgan fingerprint density at radius 2 is 1.94 bits per heavy atom. The number of nitrogens with one attached hydrogen (secondary N) is 2. The molecule has 0 bridgehead atoms. The first-order valence-corrected chi connectivity index (χ1v) is 9.74. The van der Waals surface area contributed by atoms with Crippen LogP contribution in [0.1, 0.15) is 18.1 Å². The number of halogens is 1. The predicted octanol–water partition coefficient (Wildman–Crippen LogP) is 4.66. The fraction of sp³-hybridized carbons (Fsp3) is 0.227. The summed E-state index contributed by atoms with van der Waals surface area (Å²) in [5.74, 6) is 0.292. The predicted molar refractivity (Wildman–Crippen MR) is 117 cm³/mol. The van der Waals surface area contributed by atoms with Gasteiger partial charge in [-0.2, -0.15) is 4.98 Å². The van der Waals surface area contributed by atoms with E-state index >= 15 is 0 Å². The maximum absolute atomic E-state index is 14.0. The van der Waals surface area contributed by atoms with Gasteiger partial charge in [0.2, 0.25) is 5.95 Å².